The molecule has 2 atom stereocenters. The molecule has 1 rings (SSSR count). The molecule has 1 heterocycles. The van der Waals surface area contributed by atoms with Crippen molar-refractivity contribution in [3.63, 3.8) is 0 Å². The highest BCUT2D eigenvalue weighted by Gasteiger charge is 2.32. The van der Waals surface area contributed by atoms with E-state index in [1.807, 2.05) is 20.8 Å². The van der Waals surface area contributed by atoms with Crippen LogP contribution in [0.25, 0.3) is 0 Å². The maximum absolute atomic E-state index is 11.9. The van der Waals surface area contributed by atoms with Gasteiger partial charge in [-0.25, -0.2) is 0 Å². The lowest BCUT2D eigenvalue weighted by Crippen LogP contribution is -2.51. The van der Waals surface area contributed by atoms with Crippen LogP contribution in [0.3, 0.4) is 0 Å². The Hall–Kier alpha value is -1.50. The van der Waals surface area contributed by atoms with E-state index in [1.165, 1.54) is 0 Å². The van der Waals surface area contributed by atoms with Crippen molar-refractivity contribution in [1.29, 1.82) is 0 Å². The predicted octanol–water partition coefficient (Wildman–Crippen LogP) is 1.15. The monoisotopic (exact) mass is 250 g/mol. The second-order valence-electron chi connectivity index (χ2n) is 5.05. The number of nitrogens with two attached hydrogens (primary N) is 1. The zero-order chi connectivity index (χ0) is 13.7. The third-order valence-electron chi connectivity index (χ3n) is 3.11. The molecule has 0 aromatic carbocycles. The SMILES string of the molecule is CCC(C(N)=O)N1CC(C#CC(C)C)CCC1=O. The lowest BCUT2D eigenvalue weighted by atomic mass is 9.95. The summed E-state index contributed by atoms with van der Waals surface area (Å²) in [5.41, 5.74) is 5.34. The van der Waals surface area contributed by atoms with Gasteiger partial charge in [0.15, 0.2) is 0 Å². The quantitative estimate of drug-likeness (QED) is 0.764. The van der Waals surface area contributed by atoms with Gasteiger partial charge in [0.1, 0.15) is 6.04 Å². The summed E-state index contributed by atoms with van der Waals surface area (Å²) >= 11 is 0. The molecule has 4 heteroatoms. The van der Waals surface area contributed by atoms with Crippen molar-refractivity contribution in [2.75, 3.05) is 6.54 Å². The second kappa shape index (κ2) is 6.44. The number of primary amides is 1. The minimum Gasteiger partial charge on any atom is -0.368 e. The summed E-state index contributed by atoms with van der Waals surface area (Å²) in [7, 11) is 0. The zero-order valence-corrected chi connectivity index (χ0v) is 11.4. The summed E-state index contributed by atoms with van der Waals surface area (Å²) in [4.78, 5) is 24.8. The minimum atomic E-state index is -0.485. The maximum atomic E-state index is 11.9. The van der Waals surface area contributed by atoms with Gasteiger partial charge in [0.25, 0.3) is 0 Å². The van der Waals surface area contributed by atoms with Crippen molar-refractivity contribution in [2.45, 2.75) is 46.1 Å². The van der Waals surface area contributed by atoms with Crippen LogP contribution in [0, 0.1) is 23.7 Å². The summed E-state index contributed by atoms with van der Waals surface area (Å²) < 4.78 is 0. The van der Waals surface area contributed by atoms with Crippen molar-refractivity contribution in [3.8, 4) is 11.8 Å². The first-order chi connectivity index (χ1) is 8.45. The number of likely N-dealkylation sites (tertiary alicyclic amines) is 1. The van der Waals surface area contributed by atoms with E-state index in [2.05, 4.69) is 11.8 Å². The minimum absolute atomic E-state index is 0.0169. The van der Waals surface area contributed by atoms with Crippen LogP contribution >= 0.6 is 0 Å². The fourth-order valence-electron chi connectivity index (χ4n) is 2.15. The zero-order valence-electron chi connectivity index (χ0n) is 11.4. The van der Waals surface area contributed by atoms with Crippen molar-refractivity contribution >= 4 is 11.8 Å². The Bertz CT molecular complexity index is 379. The van der Waals surface area contributed by atoms with Gasteiger partial charge in [-0.1, -0.05) is 26.7 Å². The topological polar surface area (TPSA) is 63.4 Å². The number of nitrogens with zero attached hydrogens (tertiary/aromatic N) is 1. The molecule has 0 bridgehead atoms. The third-order valence-corrected chi connectivity index (χ3v) is 3.11. The van der Waals surface area contributed by atoms with Crippen LogP contribution in [0.1, 0.15) is 40.0 Å². The van der Waals surface area contributed by atoms with E-state index >= 15 is 0 Å². The van der Waals surface area contributed by atoms with Gasteiger partial charge in [-0.2, -0.15) is 0 Å². The average Bonchev–Trinajstić information content (AvgIpc) is 2.30. The second-order valence-corrected chi connectivity index (χ2v) is 5.05. The van der Waals surface area contributed by atoms with E-state index in [4.69, 9.17) is 5.73 Å². The fourth-order valence-corrected chi connectivity index (χ4v) is 2.15. The van der Waals surface area contributed by atoms with Gasteiger partial charge in [0.05, 0.1) is 0 Å². The van der Waals surface area contributed by atoms with Crippen molar-refractivity contribution in [1.82, 2.24) is 4.90 Å². The number of hydrogen-bond acceptors (Lipinski definition) is 2. The molecule has 1 aliphatic rings. The Balaban J connectivity index is 2.76. The smallest absolute Gasteiger partial charge is 0.240 e. The number of carbonyl (C=O) groups is 2. The first kappa shape index (κ1) is 14.6. The Morgan fingerprint density at radius 2 is 2.22 bits per heavy atom. The Labute approximate surface area is 109 Å². The van der Waals surface area contributed by atoms with E-state index in [-0.39, 0.29) is 11.8 Å². The molecule has 2 amide bonds. The highest BCUT2D eigenvalue weighted by Crippen LogP contribution is 2.20. The molecule has 1 aliphatic heterocycles. The van der Waals surface area contributed by atoms with Gasteiger partial charge in [0, 0.05) is 24.8 Å². The van der Waals surface area contributed by atoms with Crippen molar-refractivity contribution in [3.05, 3.63) is 0 Å². The van der Waals surface area contributed by atoms with Crippen LogP contribution in [-0.4, -0.2) is 29.3 Å². The number of hydrogen-bond donors (Lipinski definition) is 1. The van der Waals surface area contributed by atoms with E-state index in [0.29, 0.717) is 25.3 Å². The fraction of sp³-hybridized carbons (Fsp3) is 0.714. The number of amides is 2. The maximum Gasteiger partial charge on any atom is 0.240 e. The molecule has 0 aromatic heterocycles. The van der Waals surface area contributed by atoms with E-state index in [9.17, 15) is 9.59 Å². The highest BCUT2D eigenvalue weighted by atomic mass is 16.2. The lowest BCUT2D eigenvalue weighted by Gasteiger charge is -2.34. The number of piperidine rings is 1. The molecule has 4 nitrogen and oxygen atoms in total. The van der Waals surface area contributed by atoms with Crippen molar-refractivity contribution in [2.24, 2.45) is 17.6 Å². The molecular weight excluding hydrogens is 228 g/mol. The van der Waals surface area contributed by atoms with Crippen LogP contribution in [0.15, 0.2) is 0 Å². The molecule has 0 saturated carbocycles. The van der Waals surface area contributed by atoms with Crippen LogP contribution < -0.4 is 5.73 Å². The molecular formula is C14H22N2O2. The summed E-state index contributed by atoms with van der Waals surface area (Å²) in [6.45, 7) is 6.47. The molecule has 1 fully saturated rings. The number of carbonyl (C=O) groups excluding carboxylic acids is 2. The first-order valence-electron chi connectivity index (χ1n) is 6.55. The standard InChI is InChI=1S/C14H22N2O2/c1-4-12(14(15)18)16-9-11(6-5-10(2)3)7-8-13(16)17/h10-12H,4,7-9H2,1-3H3,(H2,15,18). The average molecular weight is 250 g/mol. The molecule has 100 valence electrons. The van der Waals surface area contributed by atoms with Crippen LogP contribution in [0.4, 0.5) is 0 Å². The Morgan fingerprint density at radius 3 is 2.72 bits per heavy atom. The summed E-state index contributed by atoms with van der Waals surface area (Å²) in [6, 6.07) is -0.485. The molecule has 0 aromatic rings. The predicted molar refractivity (Wildman–Crippen MR) is 70.3 cm³/mol. The molecule has 0 aliphatic carbocycles. The molecule has 18 heavy (non-hydrogen) atoms. The summed E-state index contributed by atoms with van der Waals surface area (Å²) in [6.07, 6.45) is 1.80. The first-order valence-corrected chi connectivity index (χ1v) is 6.55. The highest BCUT2D eigenvalue weighted by molar-refractivity contribution is 5.87. The van der Waals surface area contributed by atoms with E-state index in [0.717, 1.165) is 6.42 Å². The Kier molecular flexibility index (Phi) is 5.21. The van der Waals surface area contributed by atoms with Crippen LogP contribution in [-0.2, 0) is 9.59 Å². The van der Waals surface area contributed by atoms with Gasteiger partial charge < -0.3 is 10.6 Å². The molecule has 0 spiro atoms. The Morgan fingerprint density at radius 1 is 1.56 bits per heavy atom. The van der Waals surface area contributed by atoms with Gasteiger partial charge >= 0.3 is 0 Å². The molecule has 1 saturated heterocycles. The number of rotatable bonds is 3. The molecule has 0 radical (unpaired) electrons. The van der Waals surface area contributed by atoms with Gasteiger partial charge in [0.2, 0.25) is 11.8 Å². The van der Waals surface area contributed by atoms with E-state index < -0.39 is 11.9 Å². The van der Waals surface area contributed by atoms with Crippen LogP contribution in [0.2, 0.25) is 0 Å². The normalized spacial score (nSPS) is 21.4. The molecule has 2 unspecified atom stereocenters. The molecule has 2 N–H and O–H groups in total. The summed E-state index contributed by atoms with van der Waals surface area (Å²) in [5.74, 6) is 6.41. The summed E-state index contributed by atoms with van der Waals surface area (Å²) in [5, 5.41) is 0. The van der Waals surface area contributed by atoms with Crippen molar-refractivity contribution < 1.29 is 9.59 Å². The van der Waals surface area contributed by atoms with Gasteiger partial charge in [-0.05, 0) is 12.8 Å². The van der Waals surface area contributed by atoms with Gasteiger partial charge in [-0.15, -0.1) is 5.92 Å². The van der Waals surface area contributed by atoms with E-state index in [1.54, 1.807) is 4.90 Å². The largest absolute Gasteiger partial charge is 0.368 e. The third kappa shape index (κ3) is 3.76. The van der Waals surface area contributed by atoms with Gasteiger partial charge in [-0.3, -0.25) is 9.59 Å². The lowest BCUT2D eigenvalue weighted by molar-refractivity contribution is -0.142. The van der Waals surface area contributed by atoms with Crippen LogP contribution in [0.5, 0.6) is 0 Å².